The molecule has 0 aliphatic carbocycles. The SMILES string of the molecule is CN(Cc1ccc(Br)cc1)C(=O)Cn1c(=O)cnc2ccccc21. The number of hydrogen-bond donors (Lipinski definition) is 0. The molecule has 6 heteroatoms. The van der Waals surface area contributed by atoms with E-state index in [0.717, 1.165) is 10.0 Å². The molecule has 0 N–H and O–H groups in total. The topological polar surface area (TPSA) is 55.2 Å². The first-order chi connectivity index (χ1) is 11.5. The van der Waals surface area contributed by atoms with Crippen LogP contribution in [-0.4, -0.2) is 27.4 Å². The Balaban J connectivity index is 1.80. The van der Waals surface area contributed by atoms with Gasteiger partial charge in [0.1, 0.15) is 6.54 Å². The van der Waals surface area contributed by atoms with Crippen molar-refractivity contribution >= 4 is 32.9 Å². The van der Waals surface area contributed by atoms with Gasteiger partial charge in [-0.05, 0) is 29.8 Å². The van der Waals surface area contributed by atoms with Gasteiger partial charge in [0.2, 0.25) is 5.91 Å². The van der Waals surface area contributed by atoms with Crippen molar-refractivity contribution < 1.29 is 4.79 Å². The first-order valence-electron chi connectivity index (χ1n) is 7.47. The molecular formula is C18H16BrN3O2. The number of nitrogens with zero attached hydrogens (tertiary/aromatic N) is 3. The molecule has 122 valence electrons. The molecule has 0 aliphatic rings. The lowest BCUT2D eigenvalue weighted by molar-refractivity contribution is -0.131. The Labute approximate surface area is 147 Å². The summed E-state index contributed by atoms with van der Waals surface area (Å²) in [6.07, 6.45) is 1.25. The lowest BCUT2D eigenvalue weighted by atomic mass is 10.2. The number of carbonyl (C=O) groups excluding carboxylic acids is 1. The van der Waals surface area contributed by atoms with Gasteiger partial charge in [-0.2, -0.15) is 0 Å². The van der Waals surface area contributed by atoms with E-state index in [9.17, 15) is 9.59 Å². The molecule has 0 atom stereocenters. The predicted molar refractivity (Wildman–Crippen MR) is 96.6 cm³/mol. The fourth-order valence-corrected chi connectivity index (χ4v) is 2.75. The van der Waals surface area contributed by atoms with E-state index in [1.807, 2.05) is 42.5 Å². The standard InChI is InChI=1S/C18H16BrN3O2/c1-21(11-13-6-8-14(19)9-7-13)18(24)12-22-16-5-3-2-4-15(16)20-10-17(22)23/h2-10H,11-12H2,1H3. The van der Waals surface area contributed by atoms with Crippen molar-refractivity contribution in [3.8, 4) is 0 Å². The number of rotatable bonds is 4. The van der Waals surface area contributed by atoms with Gasteiger partial charge in [0.15, 0.2) is 0 Å². The molecule has 2 aromatic carbocycles. The van der Waals surface area contributed by atoms with Gasteiger partial charge < -0.3 is 4.90 Å². The van der Waals surface area contributed by atoms with Crippen molar-refractivity contribution in [3.05, 3.63) is 75.1 Å². The zero-order valence-corrected chi connectivity index (χ0v) is 14.7. The van der Waals surface area contributed by atoms with E-state index >= 15 is 0 Å². The normalized spacial score (nSPS) is 10.8. The summed E-state index contributed by atoms with van der Waals surface area (Å²) < 4.78 is 2.46. The van der Waals surface area contributed by atoms with Gasteiger partial charge in [0.05, 0.1) is 17.2 Å². The zero-order chi connectivity index (χ0) is 17.1. The number of fused-ring (bicyclic) bond motifs is 1. The van der Waals surface area contributed by atoms with Crippen molar-refractivity contribution in [2.75, 3.05) is 7.05 Å². The molecule has 3 rings (SSSR count). The second-order valence-corrected chi connectivity index (χ2v) is 6.46. The van der Waals surface area contributed by atoms with Gasteiger partial charge in [0, 0.05) is 18.1 Å². The number of halogens is 1. The third kappa shape index (κ3) is 3.54. The quantitative estimate of drug-likeness (QED) is 0.693. The largest absolute Gasteiger partial charge is 0.340 e. The molecule has 0 spiro atoms. The van der Waals surface area contributed by atoms with Gasteiger partial charge in [-0.25, -0.2) is 4.98 Å². The fourth-order valence-electron chi connectivity index (χ4n) is 2.49. The maximum atomic E-state index is 12.5. The Morgan fingerprint density at radius 3 is 2.62 bits per heavy atom. The Morgan fingerprint density at radius 1 is 1.17 bits per heavy atom. The lowest BCUT2D eigenvalue weighted by Gasteiger charge is -2.18. The highest BCUT2D eigenvalue weighted by atomic mass is 79.9. The van der Waals surface area contributed by atoms with Crippen molar-refractivity contribution in [2.45, 2.75) is 13.1 Å². The summed E-state index contributed by atoms with van der Waals surface area (Å²) in [5.74, 6) is -0.128. The van der Waals surface area contributed by atoms with Crippen molar-refractivity contribution in [1.29, 1.82) is 0 Å². The summed E-state index contributed by atoms with van der Waals surface area (Å²) in [5, 5.41) is 0. The number of amides is 1. The molecule has 0 bridgehead atoms. The average molecular weight is 386 g/mol. The van der Waals surface area contributed by atoms with E-state index in [0.29, 0.717) is 17.6 Å². The third-order valence-electron chi connectivity index (χ3n) is 3.80. The number of carbonyl (C=O) groups is 1. The number of likely N-dealkylation sites (N-methyl/N-ethyl adjacent to an activating group) is 1. The highest BCUT2D eigenvalue weighted by molar-refractivity contribution is 9.10. The molecule has 0 radical (unpaired) electrons. The second-order valence-electron chi connectivity index (χ2n) is 5.55. The first-order valence-corrected chi connectivity index (χ1v) is 8.27. The maximum Gasteiger partial charge on any atom is 0.269 e. The smallest absolute Gasteiger partial charge is 0.269 e. The molecule has 0 saturated heterocycles. The van der Waals surface area contributed by atoms with E-state index in [1.165, 1.54) is 10.8 Å². The molecule has 1 heterocycles. The minimum Gasteiger partial charge on any atom is -0.340 e. The summed E-state index contributed by atoms with van der Waals surface area (Å²) in [4.78, 5) is 30.4. The summed E-state index contributed by atoms with van der Waals surface area (Å²) in [5.41, 5.74) is 2.11. The third-order valence-corrected chi connectivity index (χ3v) is 4.33. The molecular weight excluding hydrogens is 370 g/mol. The van der Waals surface area contributed by atoms with E-state index in [-0.39, 0.29) is 18.0 Å². The molecule has 0 saturated carbocycles. The predicted octanol–water partition coefficient (Wildman–Crippen LogP) is 2.82. The number of benzene rings is 2. The van der Waals surface area contributed by atoms with Crippen LogP contribution in [0, 0.1) is 0 Å². The van der Waals surface area contributed by atoms with Crippen LogP contribution in [0.1, 0.15) is 5.56 Å². The van der Waals surface area contributed by atoms with Crippen molar-refractivity contribution in [3.63, 3.8) is 0 Å². The summed E-state index contributed by atoms with van der Waals surface area (Å²) in [6.45, 7) is 0.485. The molecule has 24 heavy (non-hydrogen) atoms. The maximum absolute atomic E-state index is 12.5. The van der Waals surface area contributed by atoms with Crippen LogP contribution in [0.3, 0.4) is 0 Å². The molecule has 1 aromatic heterocycles. The molecule has 0 unspecified atom stereocenters. The summed E-state index contributed by atoms with van der Waals surface area (Å²) in [6, 6.07) is 15.1. The van der Waals surface area contributed by atoms with E-state index in [2.05, 4.69) is 20.9 Å². The summed E-state index contributed by atoms with van der Waals surface area (Å²) in [7, 11) is 1.73. The molecule has 3 aromatic rings. The molecule has 1 amide bonds. The zero-order valence-electron chi connectivity index (χ0n) is 13.1. The molecule has 0 fully saturated rings. The van der Waals surface area contributed by atoms with Crippen LogP contribution in [0.15, 0.2) is 64.0 Å². The van der Waals surface area contributed by atoms with Crippen LogP contribution >= 0.6 is 15.9 Å². The van der Waals surface area contributed by atoms with Crippen LogP contribution in [0.5, 0.6) is 0 Å². The van der Waals surface area contributed by atoms with Gasteiger partial charge in [-0.15, -0.1) is 0 Å². The minimum atomic E-state index is -0.279. The van der Waals surface area contributed by atoms with Gasteiger partial charge >= 0.3 is 0 Å². The summed E-state index contributed by atoms with van der Waals surface area (Å²) >= 11 is 3.39. The first kappa shape index (κ1) is 16.4. The Morgan fingerprint density at radius 2 is 1.88 bits per heavy atom. The van der Waals surface area contributed by atoms with Crippen LogP contribution in [0.2, 0.25) is 0 Å². The number of aromatic nitrogens is 2. The fraction of sp³-hybridized carbons (Fsp3) is 0.167. The Kier molecular flexibility index (Phi) is 4.76. The highest BCUT2D eigenvalue weighted by Crippen LogP contribution is 2.12. The van der Waals surface area contributed by atoms with Crippen LogP contribution in [0.4, 0.5) is 0 Å². The second kappa shape index (κ2) is 6.97. The van der Waals surface area contributed by atoms with Crippen molar-refractivity contribution in [2.24, 2.45) is 0 Å². The lowest BCUT2D eigenvalue weighted by Crippen LogP contribution is -2.33. The average Bonchev–Trinajstić information content (AvgIpc) is 2.59. The van der Waals surface area contributed by atoms with Crippen LogP contribution in [-0.2, 0) is 17.9 Å². The van der Waals surface area contributed by atoms with Crippen molar-refractivity contribution in [1.82, 2.24) is 14.5 Å². The minimum absolute atomic E-state index is 0.00506. The van der Waals surface area contributed by atoms with E-state index in [1.54, 1.807) is 18.0 Å². The number of para-hydroxylation sites is 2. The van der Waals surface area contributed by atoms with Crippen LogP contribution in [0.25, 0.3) is 11.0 Å². The monoisotopic (exact) mass is 385 g/mol. The Hall–Kier alpha value is -2.47. The van der Waals surface area contributed by atoms with Crippen LogP contribution < -0.4 is 5.56 Å². The van der Waals surface area contributed by atoms with E-state index < -0.39 is 0 Å². The van der Waals surface area contributed by atoms with Gasteiger partial charge in [-0.3, -0.25) is 14.2 Å². The molecule has 0 aliphatic heterocycles. The Bertz CT molecular complexity index is 935. The number of hydrogen-bond acceptors (Lipinski definition) is 3. The van der Waals surface area contributed by atoms with E-state index in [4.69, 9.17) is 0 Å². The molecule has 5 nitrogen and oxygen atoms in total. The van der Waals surface area contributed by atoms with Gasteiger partial charge in [0.25, 0.3) is 5.56 Å². The highest BCUT2D eigenvalue weighted by Gasteiger charge is 2.13. The van der Waals surface area contributed by atoms with Gasteiger partial charge in [-0.1, -0.05) is 40.2 Å².